The second-order valence-electron chi connectivity index (χ2n) is 11.2. The molecule has 0 aliphatic heterocycles. The van der Waals surface area contributed by atoms with Crippen LogP contribution in [0, 0.1) is 0 Å². The van der Waals surface area contributed by atoms with Crippen LogP contribution in [0.2, 0.25) is 0 Å². The van der Waals surface area contributed by atoms with Crippen molar-refractivity contribution in [1.29, 1.82) is 0 Å². The highest BCUT2D eigenvalue weighted by Gasteiger charge is 2.32. The number of nitrogens with zero attached hydrogens (tertiary/aromatic N) is 2. The molecular formula is C34H42BrN3O5S. The van der Waals surface area contributed by atoms with Gasteiger partial charge in [-0.2, -0.15) is 0 Å². The molecule has 1 aliphatic carbocycles. The van der Waals surface area contributed by atoms with Crippen LogP contribution in [-0.2, 0) is 32.6 Å². The molecular weight excluding hydrogens is 642 g/mol. The zero-order valence-electron chi connectivity index (χ0n) is 25.5. The normalized spacial score (nSPS) is 14.2. The molecule has 0 aromatic heterocycles. The molecule has 1 fully saturated rings. The molecule has 8 nitrogen and oxygen atoms in total. The third-order valence-electron chi connectivity index (χ3n) is 7.83. The van der Waals surface area contributed by atoms with Gasteiger partial charge in [-0.1, -0.05) is 71.2 Å². The number of anilines is 1. The molecule has 44 heavy (non-hydrogen) atoms. The first-order chi connectivity index (χ1) is 21.1. The number of ether oxygens (including phenoxy) is 1. The van der Waals surface area contributed by atoms with Gasteiger partial charge in [0.1, 0.15) is 11.8 Å². The lowest BCUT2D eigenvalue weighted by molar-refractivity contribution is -0.141. The Labute approximate surface area is 270 Å². The summed E-state index contributed by atoms with van der Waals surface area (Å²) in [5.74, 6) is 0.303. The van der Waals surface area contributed by atoms with Crippen molar-refractivity contribution in [3.8, 4) is 5.75 Å². The van der Waals surface area contributed by atoms with E-state index in [1.165, 1.54) is 4.31 Å². The van der Waals surface area contributed by atoms with Crippen LogP contribution in [-0.4, -0.2) is 56.6 Å². The summed E-state index contributed by atoms with van der Waals surface area (Å²) in [6.45, 7) is 2.78. The van der Waals surface area contributed by atoms with E-state index < -0.39 is 16.1 Å². The molecule has 0 bridgehead atoms. The first-order valence-corrected chi connectivity index (χ1v) is 17.9. The Bertz CT molecular complexity index is 1460. The highest BCUT2D eigenvalue weighted by Crippen LogP contribution is 2.24. The lowest BCUT2D eigenvalue weighted by atomic mass is 10.0. The van der Waals surface area contributed by atoms with E-state index in [0.717, 1.165) is 47.5 Å². The molecule has 10 heteroatoms. The fourth-order valence-corrected chi connectivity index (χ4v) is 6.82. The van der Waals surface area contributed by atoms with Crippen molar-refractivity contribution >= 4 is 43.5 Å². The topological polar surface area (TPSA) is 96.0 Å². The minimum Gasteiger partial charge on any atom is -0.494 e. The average Bonchev–Trinajstić information content (AvgIpc) is 3.51. The highest BCUT2D eigenvalue weighted by atomic mass is 79.9. The van der Waals surface area contributed by atoms with Crippen molar-refractivity contribution < 1.29 is 22.7 Å². The first kappa shape index (κ1) is 33.5. The van der Waals surface area contributed by atoms with Crippen LogP contribution in [0.15, 0.2) is 83.3 Å². The Morgan fingerprint density at radius 1 is 0.955 bits per heavy atom. The number of hydrogen-bond acceptors (Lipinski definition) is 5. The third kappa shape index (κ3) is 9.82. The quantitative estimate of drug-likeness (QED) is 0.209. The van der Waals surface area contributed by atoms with Crippen LogP contribution in [0.1, 0.15) is 56.6 Å². The van der Waals surface area contributed by atoms with E-state index in [0.29, 0.717) is 24.5 Å². The third-order valence-corrected chi connectivity index (χ3v) is 9.55. The second kappa shape index (κ2) is 16.1. The van der Waals surface area contributed by atoms with Crippen molar-refractivity contribution in [2.45, 2.75) is 70.5 Å². The number of carbonyl (C=O) groups excluding carboxylic acids is 2. The molecule has 2 amide bonds. The first-order valence-electron chi connectivity index (χ1n) is 15.2. The molecule has 1 saturated carbocycles. The Morgan fingerprint density at radius 2 is 1.61 bits per heavy atom. The molecule has 3 aromatic carbocycles. The minimum atomic E-state index is -3.60. The number of halogens is 1. The van der Waals surface area contributed by atoms with E-state index in [1.807, 2.05) is 61.5 Å². The lowest BCUT2D eigenvalue weighted by Crippen LogP contribution is -2.52. The summed E-state index contributed by atoms with van der Waals surface area (Å²) in [7, 11) is -3.60. The van der Waals surface area contributed by atoms with Crippen LogP contribution < -0.4 is 14.4 Å². The van der Waals surface area contributed by atoms with Gasteiger partial charge in [-0.3, -0.25) is 13.9 Å². The van der Waals surface area contributed by atoms with Gasteiger partial charge in [-0.25, -0.2) is 8.42 Å². The van der Waals surface area contributed by atoms with Gasteiger partial charge in [0, 0.05) is 36.4 Å². The molecule has 0 saturated heterocycles. The van der Waals surface area contributed by atoms with Gasteiger partial charge in [0.25, 0.3) is 0 Å². The summed E-state index contributed by atoms with van der Waals surface area (Å²) in [6, 6.07) is 23.7. The van der Waals surface area contributed by atoms with Gasteiger partial charge in [0.05, 0.1) is 18.6 Å². The van der Waals surface area contributed by atoms with E-state index in [2.05, 4.69) is 21.2 Å². The van der Waals surface area contributed by atoms with E-state index in [-0.39, 0.29) is 43.8 Å². The molecule has 4 rings (SSSR count). The second-order valence-corrected chi connectivity index (χ2v) is 14.0. The lowest BCUT2D eigenvalue weighted by Gasteiger charge is -2.33. The van der Waals surface area contributed by atoms with Crippen molar-refractivity contribution in [1.82, 2.24) is 10.2 Å². The summed E-state index contributed by atoms with van der Waals surface area (Å²) in [4.78, 5) is 29.5. The molecule has 1 atom stereocenters. The Kier molecular flexibility index (Phi) is 12.3. The predicted molar refractivity (Wildman–Crippen MR) is 178 cm³/mol. The van der Waals surface area contributed by atoms with Crippen LogP contribution >= 0.6 is 15.9 Å². The van der Waals surface area contributed by atoms with Crippen LogP contribution in [0.4, 0.5) is 5.69 Å². The molecule has 236 valence electrons. The molecule has 1 aliphatic rings. The fraction of sp³-hybridized carbons (Fsp3) is 0.412. The van der Waals surface area contributed by atoms with Gasteiger partial charge in [0.2, 0.25) is 21.8 Å². The molecule has 1 unspecified atom stereocenters. The largest absolute Gasteiger partial charge is 0.494 e. The van der Waals surface area contributed by atoms with Crippen LogP contribution in [0.3, 0.4) is 0 Å². The van der Waals surface area contributed by atoms with Crippen LogP contribution in [0.25, 0.3) is 0 Å². The molecule has 0 spiro atoms. The number of sulfonamides is 1. The molecule has 0 radical (unpaired) electrons. The Balaban J connectivity index is 1.56. The molecule has 3 aromatic rings. The van der Waals surface area contributed by atoms with Crippen molar-refractivity contribution in [3.63, 3.8) is 0 Å². The number of hydrogen-bond donors (Lipinski definition) is 1. The van der Waals surface area contributed by atoms with Crippen molar-refractivity contribution in [2.24, 2.45) is 0 Å². The summed E-state index contributed by atoms with van der Waals surface area (Å²) < 4.78 is 33.2. The smallest absolute Gasteiger partial charge is 0.243 e. The van der Waals surface area contributed by atoms with Crippen molar-refractivity contribution in [3.05, 3.63) is 94.5 Å². The Hall–Kier alpha value is -3.37. The van der Waals surface area contributed by atoms with Gasteiger partial charge in [-0.15, -0.1) is 0 Å². The van der Waals surface area contributed by atoms with Gasteiger partial charge in [0.15, 0.2) is 0 Å². The standard InChI is InChI=1S/C34H42BrN3O5S/c1-3-43-31-21-19-30(20-22-31)38(44(2,41)42)23-9-14-33(39)37(25-27-15-17-28(35)18-16-27)32(24-26-10-5-4-6-11-26)34(40)36-29-12-7-8-13-29/h4-6,10-11,15-22,29,32H,3,7-9,12-14,23-25H2,1-2H3,(H,36,40). The van der Waals surface area contributed by atoms with E-state index >= 15 is 0 Å². The summed E-state index contributed by atoms with van der Waals surface area (Å²) in [5, 5.41) is 3.22. The number of amides is 2. The van der Waals surface area contributed by atoms with Gasteiger partial charge in [-0.05, 0) is 73.7 Å². The average molecular weight is 685 g/mol. The fourth-order valence-electron chi connectivity index (χ4n) is 5.59. The van der Waals surface area contributed by atoms with E-state index in [1.54, 1.807) is 29.2 Å². The van der Waals surface area contributed by atoms with Crippen molar-refractivity contribution in [2.75, 3.05) is 23.7 Å². The monoisotopic (exact) mass is 683 g/mol. The number of rotatable bonds is 15. The van der Waals surface area contributed by atoms with Gasteiger partial charge >= 0.3 is 0 Å². The summed E-state index contributed by atoms with van der Waals surface area (Å²) >= 11 is 3.48. The highest BCUT2D eigenvalue weighted by molar-refractivity contribution is 9.10. The minimum absolute atomic E-state index is 0.0849. The van der Waals surface area contributed by atoms with Gasteiger partial charge < -0.3 is 15.0 Å². The number of nitrogens with one attached hydrogen (secondary N) is 1. The summed E-state index contributed by atoms with van der Waals surface area (Å²) in [5.41, 5.74) is 2.37. The van der Waals surface area contributed by atoms with E-state index in [4.69, 9.17) is 4.74 Å². The van der Waals surface area contributed by atoms with E-state index in [9.17, 15) is 18.0 Å². The SMILES string of the molecule is CCOc1ccc(N(CCCC(=O)N(Cc2ccc(Br)cc2)C(Cc2ccccc2)C(=O)NC2CCCC2)S(C)(=O)=O)cc1. The number of benzene rings is 3. The maximum Gasteiger partial charge on any atom is 0.243 e. The zero-order chi connectivity index (χ0) is 31.5. The summed E-state index contributed by atoms with van der Waals surface area (Å²) in [6.07, 6.45) is 5.97. The molecule has 0 heterocycles. The molecule has 1 N–H and O–H groups in total. The Morgan fingerprint density at radius 3 is 2.23 bits per heavy atom. The maximum absolute atomic E-state index is 14.0. The van der Waals surface area contributed by atoms with Crippen LogP contribution in [0.5, 0.6) is 5.75 Å². The maximum atomic E-state index is 14.0. The zero-order valence-corrected chi connectivity index (χ0v) is 27.9. The predicted octanol–water partition coefficient (Wildman–Crippen LogP) is 6.09. The number of carbonyl (C=O) groups is 2.